The summed E-state index contributed by atoms with van der Waals surface area (Å²) < 4.78 is 33.2. The van der Waals surface area contributed by atoms with Gasteiger partial charge in [-0.3, -0.25) is 0 Å². The van der Waals surface area contributed by atoms with Crippen molar-refractivity contribution in [2.24, 2.45) is 0 Å². The summed E-state index contributed by atoms with van der Waals surface area (Å²) in [6.07, 6.45) is 3.63. The maximum absolute atomic E-state index is 12.8. The summed E-state index contributed by atoms with van der Waals surface area (Å²) in [5.74, 6) is 1.92. The molecule has 0 aliphatic carbocycles. The zero-order valence-corrected chi connectivity index (χ0v) is 18.2. The summed E-state index contributed by atoms with van der Waals surface area (Å²) in [5, 5.41) is 7.29. The Labute approximate surface area is 192 Å². The van der Waals surface area contributed by atoms with Gasteiger partial charge in [-0.15, -0.1) is 0 Å². The molecule has 12 heteroatoms. The van der Waals surface area contributed by atoms with Gasteiger partial charge in [-0.05, 0) is 36.8 Å². The van der Waals surface area contributed by atoms with Crippen LogP contribution < -0.4 is 15.0 Å². The van der Waals surface area contributed by atoms with E-state index in [4.69, 9.17) is 4.74 Å². The van der Waals surface area contributed by atoms with E-state index in [-0.39, 0.29) is 5.95 Å². The molecule has 0 amide bonds. The van der Waals surface area contributed by atoms with Crippen LogP contribution in [0.4, 0.5) is 26.2 Å². The SMILES string of the molecule is Cc1cc(Nc2ncnc3cnc(N(C)CC(F)F)nc23)ccc1Oc1ccn2ncnc2c1. The lowest BCUT2D eigenvalue weighted by molar-refractivity contribution is 0.156. The molecule has 0 spiro atoms. The number of hydrogen-bond donors (Lipinski definition) is 1. The van der Waals surface area contributed by atoms with Gasteiger partial charge in [-0.1, -0.05) is 0 Å². The van der Waals surface area contributed by atoms with E-state index in [1.54, 1.807) is 16.8 Å². The molecule has 10 nitrogen and oxygen atoms in total. The van der Waals surface area contributed by atoms with E-state index in [0.717, 1.165) is 11.3 Å². The van der Waals surface area contributed by atoms with E-state index in [1.807, 2.05) is 31.2 Å². The van der Waals surface area contributed by atoms with E-state index < -0.39 is 13.0 Å². The lowest BCUT2D eigenvalue weighted by Gasteiger charge is -2.17. The topological polar surface area (TPSA) is 106 Å². The number of fused-ring (bicyclic) bond motifs is 2. The van der Waals surface area contributed by atoms with Gasteiger partial charge >= 0.3 is 0 Å². The molecule has 0 saturated heterocycles. The number of pyridine rings is 1. The van der Waals surface area contributed by atoms with Crippen molar-refractivity contribution in [3.63, 3.8) is 0 Å². The minimum Gasteiger partial charge on any atom is -0.457 e. The van der Waals surface area contributed by atoms with Crippen LogP contribution in [0, 0.1) is 6.92 Å². The number of alkyl halides is 2. The molecule has 0 aliphatic rings. The zero-order chi connectivity index (χ0) is 23.7. The average Bonchev–Trinajstić information content (AvgIpc) is 3.28. The molecule has 1 aromatic carbocycles. The van der Waals surface area contributed by atoms with Crippen LogP contribution >= 0.6 is 0 Å². The Kier molecular flexibility index (Phi) is 5.54. The Balaban J connectivity index is 1.39. The lowest BCUT2D eigenvalue weighted by atomic mass is 10.2. The molecule has 0 radical (unpaired) electrons. The van der Waals surface area contributed by atoms with Gasteiger partial charge in [0, 0.05) is 25.0 Å². The zero-order valence-electron chi connectivity index (χ0n) is 18.2. The second-order valence-corrected chi connectivity index (χ2v) is 7.53. The Morgan fingerprint density at radius 3 is 2.79 bits per heavy atom. The van der Waals surface area contributed by atoms with Crippen molar-refractivity contribution in [3.8, 4) is 11.5 Å². The highest BCUT2D eigenvalue weighted by atomic mass is 19.3. The lowest BCUT2D eigenvalue weighted by Crippen LogP contribution is -2.25. The highest BCUT2D eigenvalue weighted by Gasteiger charge is 2.14. The first-order valence-corrected chi connectivity index (χ1v) is 10.3. The number of nitrogens with one attached hydrogen (secondary N) is 1. The van der Waals surface area contributed by atoms with Gasteiger partial charge < -0.3 is 15.0 Å². The quantitative estimate of drug-likeness (QED) is 0.383. The van der Waals surface area contributed by atoms with Crippen LogP contribution in [-0.2, 0) is 0 Å². The van der Waals surface area contributed by atoms with E-state index in [2.05, 4.69) is 35.3 Å². The molecule has 0 atom stereocenters. The maximum atomic E-state index is 12.8. The molecule has 1 N–H and O–H groups in total. The maximum Gasteiger partial charge on any atom is 0.255 e. The number of aromatic nitrogens is 7. The van der Waals surface area contributed by atoms with Crippen LogP contribution in [-0.4, -0.2) is 54.6 Å². The number of ether oxygens (including phenoxy) is 1. The summed E-state index contributed by atoms with van der Waals surface area (Å²) in [4.78, 5) is 22.4. The second-order valence-electron chi connectivity index (χ2n) is 7.53. The van der Waals surface area contributed by atoms with Crippen molar-refractivity contribution in [1.82, 2.24) is 34.5 Å². The first-order valence-electron chi connectivity index (χ1n) is 10.3. The number of hydrogen-bond acceptors (Lipinski definition) is 9. The third-order valence-corrected chi connectivity index (χ3v) is 5.04. The number of nitrogens with zero attached hydrogens (tertiary/aromatic N) is 8. The van der Waals surface area contributed by atoms with E-state index in [1.165, 1.54) is 30.8 Å². The van der Waals surface area contributed by atoms with Crippen LogP contribution in [0.5, 0.6) is 11.5 Å². The predicted octanol–water partition coefficient (Wildman–Crippen LogP) is 4.01. The fourth-order valence-electron chi connectivity index (χ4n) is 3.37. The van der Waals surface area contributed by atoms with Crippen LogP contribution in [0.25, 0.3) is 16.7 Å². The van der Waals surface area contributed by atoms with E-state index in [0.29, 0.717) is 34.0 Å². The van der Waals surface area contributed by atoms with Gasteiger partial charge in [0.2, 0.25) is 5.95 Å². The third-order valence-electron chi connectivity index (χ3n) is 5.04. The van der Waals surface area contributed by atoms with Gasteiger partial charge in [0.15, 0.2) is 11.5 Å². The van der Waals surface area contributed by atoms with Crippen molar-refractivity contribution in [1.29, 1.82) is 0 Å². The number of anilines is 3. The van der Waals surface area contributed by atoms with E-state index >= 15 is 0 Å². The first-order chi connectivity index (χ1) is 16.5. The van der Waals surface area contributed by atoms with Crippen LogP contribution in [0.2, 0.25) is 0 Å². The van der Waals surface area contributed by atoms with Crippen molar-refractivity contribution >= 4 is 34.1 Å². The van der Waals surface area contributed by atoms with E-state index in [9.17, 15) is 8.78 Å². The number of benzene rings is 1. The smallest absolute Gasteiger partial charge is 0.255 e. The fourth-order valence-corrected chi connectivity index (χ4v) is 3.37. The average molecular weight is 463 g/mol. The molecule has 172 valence electrons. The Bertz CT molecular complexity index is 1470. The van der Waals surface area contributed by atoms with Crippen molar-refractivity contribution in [3.05, 3.63) is 60.9 Å². The standard InChI is InChI=1S/C22H19F2N9O/c1-13-7-14(3-4-17(13)34-15-5-6-33-19(8-15)27-12-29-33)30-21-20-16(26-11-28-21)9-25-22(31-20)32(2)10-18(23)24/h3-9,11-12,18H,10H2,1-2H3,(H,26,28,30). The van der Waals surface area contributed by atoms with Crippen molar-refractivity contribution < 1.29 is 13.5 Å². The fraction of sp³-hybridized carbons (Fsp3) is 0.182. The molecule has 5 rings (SSSR count). The third kappa shape index (κ3) is 4.37. The highest BCUT2D eigenvalue weighted by molar-refractivity contribution is 5.87. The Morgan fingerprint density at radius 1 is 1.09 bits per heavy atom. The molecule has 0 unspecified atom stereocenters. The van der Waals surface area contributed by atoms with Gasteiger partial charge in [-0.25, -0.2) is 38.2 Å². The second kappa shape index (κ2) is 8.81. The van der Waals surface area contributed by atoms with Crippen LogP contribution in [0.1, 0.15) is 5.56 Å². The molecular formula is C22H19F2N9O. The minimum absolute atomic E-state index is 0.162. The number of halogens is 2. The van der Waals surface area contributed by atoms with Crippen molar-refractivity contribution in [2.45, 2.75) is 13.3 Å². The van der Waals surface area contributed by atoms with Gasteiger partial charge in [-0.2, -0.15) is 5.10 Å². The highest BCUT2D eigenvalue weighted by Crippen LogP contribution is 2.30. The molecule has 4 heterocycles. The van der Waals surface area contributed by atoms with Gasteiger partial charge in [0.05, 0.1) is 12.7 Å². The molecule has 4 aromatic heterocycles. The summed E-state index contributed by atoms with van der Waals surface area (Å²) in [5.41, 5.74) is 3.24. The molecule has 0 aliphatic heterocycles. The normalized spacial score (nSPS) is 11.3. The monoisotopic (exact) mass is 463 g/mol. The summed E-state index contributed by atoms with van der Waals surface area (Å²) in [6.45, 7) is 1.44. The summed E-state index contributed by atoms with van der Waals surface area (Å²) in [7, 11) is 1.51. The molecule has 0 fully saturated rings. The first kappa shape index (κ1) is 21.4. The molecule has 5 aromatic rings. The molecule has 34 heavy (non-hydrogen) atoms. The predicted molar refractivity (Wildman–Crippen MR) is 122 cm³/mol. The largest absolute Gasteiger partial charge is 0.457 e. The molecule has 0 bridgehead atoms. The van der Waals surface area contributed by atoms with Gasteiger partial charge in [0.25, 0.3) is 6.43 Å². The van der Waals surface area contributed by atoms with Crippen LogP contribution in [0.3, 0.4) is 0 Å². The van der Waals surface area contributed by atoms with Crippen molar-refractivity contribution in [2.75, 3.05) is 23.8 Å². The Morgan fingerprint density at radius 2 is 1.97 bits per heavy atom. The Hall–Kier alpha value is -4.48. The molecular weight excluding hydrogens is 444 g/mol. The van der Waals surface area contributed by atoms with Gasteiger partial charge in [0.1, 0.15) is 35.2 Å². The summed E-state index contributed by atoms with van der Waals surface area (Å²) >= 11 is 0. The number of aryl methyl sites for hydroxylation is 1. The van der Waals surface area contributed by atoms with Crippen LogP contribution in [0.15, 0.2) is 55.4 Å². The summed E-state index contributed by atoms with van der Waals surface area (Å²) in [6, 6.07) is 9.20. The minimum atomic E-state index is -2.50. The number of rotatable bonds is 7. The molecule has 0 saturated carbocycles.